The molecule has 1 aliphatic carbocycles. The van der Waals surface area contributed by atoms with Crippen molar-refractivity contribution in [2.45, 2.75) is 37.0 Å². The van der Waals surface area contributed by atoms with Crippen molar-refractivity contribution < 1.29 is 17.9 Å². The first-order valence-corrected chi connectivity index (χ1v) is 12.5. The van der Waals surface area contributed by atoms with Gasteiger partial charge >= 0.3 is 6.18 Å². The normalized spacial score (nSPS) is 21.4. The molecule has 3 aromatic rings. The monoisotopic (exact) mass is 541 g/mol. The van der Waals surface area contributed by atoms with Gasteiger partial charge in [0.15, 0.2) is 10.7 Å². The molecule has 3 aliphatic rings. The maximum absolute atomic E-state index is 13.5. The molecule has 0 bridgehead atoms. The maximum atomic E-state index is 13.5. The Labute approximate surface area is 215 Å². The lowest BCUT2D eigenvalue weighted by Crippen LogP contribution is -2.64. The summed E-state index contributed by atoms with van der Waals surface area (Å²) in [7, 11) is 0. The molecule has 1 aromatic carbocycles. The zero-order valence-corrected chi connectivity index (χ0v) is 21.0. The molecule has 8 nitrogen and oxygen atoms in total. The van der Waals surface area contributed by atoms with Gasteiger partial charge in [0.1, 0.15) is 0 Å². The Morgan fingerprint density at radius 3 is 2.39 bits per heavy atom. The van der Waals surface area contributed by atoms with E-state index in [1.807, 2.05) is 12.1 Å². The fourth-order valence-electron chi connectivity index (χ4n) is 4.98. The fourth-order valence-corrected chi connectivity index (χ4v) is 5.57. The number of hydrogen-bond donors (Lipinski definition) is 1. The average molecular weight is 542 g/mol. The van der Waals surface area contributed by atoms with Gasteiger partial charge in [0.25, 0.3) is 0 Å². The van der Waals surface area contributed by atoms with E-state index in [4.69, 9.17) is 27.9 Å². The number of nitrogens with one attached hydrogen (secondary N) is 1. The Balaban J connectivity index is 1.22. The lowest BCUT2D eigenvalue weighted by Gasteiger charge is -2.50. The molecule has 192 valence electrons. The first-order valence-electron chi connectivity index (χ1n) is 11.7. The smallest absolute Gasteiger partial charge is 0.377 e. The Hall–Kier alpha value is -2.34. The van der Waals surface area contributed by atoms with Crippen molar-refractivity contribution in [1.82, 2.24) is 24.6 Å². The largest absolute Gasteiger partial charge is 0.413 e. The van der Waals surface area contributed by atoms with Crippen molar-refractivity contribution in [3.8, 4) is 0 Å². The summed E-state index contributed by atoms with van der Waals surface area (Å²) in [4.78, 5) is 13.6. The minimum absolute atomic E-state index is 0.0470. The van der Waals surface area contributed by atoms with E-state index >= 15 is 0 Å². The number of fused-ring (bicyclic) bond motifs is 1. The van der Waals surface area contributed by atoms with E-state index in [1.165, 1.54) is 6.20 Å². The molecular formula is C23H24Cl2F3N7O. The van der Waals surface area contributed by atoms with Crippen LogP contribution in [0.1, 0.15) is 19.8 Å². The SMILES string of the molecule is CC1(N2CCN(c3cc4nc(Nc5cnn(C6(C(F)(F)F)CC6)c5Cl)ncc4cc3Cl)CC2)COC1. The lowest BCUT2D eigenvalue weighted by molar-refractivity contribution is -0.182. The molecule has 0 atom stereocenters. The number of benzene rings is 1. The predicted octanol–water partition coefficient (Wildman–Crippen LogP) is 4.84. The molecule has 4 heterocycles. The lowest BCUT2D eigenvalue weighted by atomic mass is 9.97. The predicted molar refractivity (Wildman–Crippen MR) is 131 cm³/mol. The molecule has 2 aromatic heterocycles. The highest BCUT2D eigenvalue weighted by Gasteiger charge is 2.66. The van der Waals surface area contributed by atoms with Crippen LogP contribution < -0.4 is 10.2 Å². The quantitative estimate of drug-likeness (QED) is 0.495. The van der Waals surface area contributed by atoms with Gasteiger partial charge in [-0.25, -0.2) is 14.6 Å². The van der Waals surface area contributed by atoms with Gasteiger partial charge < -0.3 is 15.0 Å². The number of hydrogen-bond acceptors (Lipinski definition) is 7. The van der Waals surface area contributed by atoms with E-state index in [0.29, 0.717) is 10.5 Å². The van der Waals surface area contributed by atoms with Gasteiger partial charge in [0.05, 0.1) is 46.9 Å². The zero-order valence-electron chi connectivity index (χ0n) is 19.4. The minimum Gasteiger partial charge on any atom is -0.377 e. The second-order valence-corrected chi connectivity index (χ2v) is 10.7. The third kappa shape index (κ3) is 3.87. The van der Waals surface area contributed by atoms with Gasteiger partial charge in [0, 0.05) is 37.8 Å². The first-order chi connectivity index (χ1) is 17.1. The molecular weight excluding hydrogens is 518 g/mol. The molecule has 36 heavy (non-hydrogen) atoms. The number of anilines is 3. The van der Waals surface area contributed by atoms with Crippen LogP contribution in [0.15, 0.2) is 24.5 Å². The van der Waals surface area contributed by atoms with Crippen molar-refractivity contribution in [2.75, 3.05) is 49.6 Å². The van der Waals surface area contributed by atoms with Crippen molar-refractivity contribution in [3.05, 3.63) is 34.7 Å². The molecule has 0 radical (unpaired) electrons. The zero-order chi connectivity index (χ0) is 25.3. The second-order valence-electron chi connectivity index (χ2n) is 9.94. The van der Waals surface area contributed by atoms with Gasteiger partial charge in [-0.1, -0.05) is 23.2 Å². The number of rotatable bonds is 5. The highest BCUT2D eigenvalue weighted by atomic mass is 35.5. The topological polar surface area (TPSA) is 71.3 Å². The second kappa shape index (κ2) is 8.34. The van der Waals surface area contributed by atoms with E-state index < -0.39 is 11.7 Å². The van der Waals surface area contributed by atoms with Gasteiger partial charge in [-0.05, 0) is 31.9 Å². The highest BCUT2D eigenvalue weighted by molar-refractivity contribution is 6.34. The number of nitrogens with zero attached hydrogens (tertiary/aromatic N) is 6. The summed E-state index contributed by atoms with van der Waals surface area (Å²) >= 11 is 12.9. The molecule has 2 saturated heterocycles. The van der Waals surface area contributed by atoms with Crippen molar-refractivity contribution >= 4 is 51.4 Å². The molecule has 6 rings (SSSR count). The summed E-state index contributed by atoms with van der Waals surface area (Å²) in [6.45, 7) is 7.22. The Morgan fingerprint density at radius 1 is 1.06 bits per heavy atom. The van der Waals surface area contributed by atoms with Crippen molar-refractivity contribution in [1.29, 1.82) is 0 Å². The molecule has 1 N–H and O–H groups in total. The summed E-state index contributed by atoms with van der Waals surface area (Å²) in [6.07, 6.45) is -1.64. The average Bonchev–Trinajstić information content (AvgIpc) is 3.57. The van der Waals surface area contributed by atoms with E-state index in [2.05, 4.69) is 37.1 Å². The van der Waals surface area contributed by atoms with Crippen LogP contribution in [0.4, 0.5) is 30.5 Å². The molecule has 0 unspecified atom stereocenters. The number of ether oxygens (including phenoxy) is 1. The standard InChI is InChI=1S/C23H24Cl2F3N7O/c1-21(12-36-13-21)34-6-4-33(5-7-34)18-9-16-14(8-15(18)24)10-29-20(31-16)32-17-11-30-35(19(17)25)22(2-3-22)23(26,27)28/h8-11H,2-7,12-13H2,1H3,(H,29,31,32). The van der Waals surface area contributed by atoms with E-state index in [0.717, 1.165) is 55.1 Å². The van der Waals surface area contributed by atoms with Crippen LogP contribution in [0.5, 0.6) is 0 Å². The number of piperazine rings is 1. The number of alkyl halides is 3. The van der Waals surface area contributed by atoms with Crippen LogP contribution in [0.3, 0.4) is 0 Å². The van der Waals surface area contributed by atoms with Crippen LogP contribution in [-0.2, 0) is 10.3 Å². The third-order valence-electron chi connectivity index (χ3n) is 7.47. The third-order valence-corrected chi connectivity index (χ3v) is 8.14. The van der Waals surface area contributed by atoms with Gasteiger partial charge in [-0.15, -0.1) is 0 Å². The molecule has 2 aliphatic heterocycles. The summed E-state index contributed by atoms with van der Waals surface area (Å²) in [6, 6.07) is 3.75. The van der Waals surface area contributed by atoms with Crippen LogP contribution in [0.25, 0.3) is 10.9 Å². The van der Waals surface area contributed by atoms with Crippen LogP contribution in [0, 0.1) is 0 Å². The first kappa shape index (κ1) is 24.0. The Bertz CT molecular complexity index is 1320. The highest BCUT2D eigenvalue weighted by Crippen LogP contribution is 2.56. The van der Waals surface area contributed by atoms with Gasteiger partial charge in [-0.2, -0.15) is 18.3 Å². The molecule has 0 spiro atoms. The summed E-state index contributed by atoms with van der Waals surface area (Å²) in [5.41, 5.74) is -0.166. The molecule has 1 saturated carbocycles. The van der Waals surface area contributed by atoms with Crippen LogP contribution in [-0.4, -0.2) is 75.8 Å². The van der Waals surface area contributed by atoms with Crippen molar-refractivity contribution in [2.24, 2.45) is 0 Å². The van der Waals surface area contributed by atoms with E-state index in [1.54, 1.807) is 6.20 Å². The summed E-state index contributed by atoms with van der Waals surface area (Å²) in [5, 5.41) is 8.06. The molecule has 3 fully saturated rings. The maximum Gasteiger partial charge on any atom is 0.413 e. The minimum atomic E-state index is -4.43. The van der Waals surface area contributed by atoms with E-state index in [-0.39, 0.29) is 35.2 Å². The van der Waals surface area contributed by atoms with Crippen molar-refractivity contribution in [3.63, 3.8) is 0 Å². The van der Waals surface area contributed by atoms with Crippen LogP contribution >= 0.6 is 23.2 Å². The summed E-state index contributed by atoms with van der Waals surface area (Å²) < 4.78 is 46.8. The molecule has 13 heteroatoms. The molecule has 0 amide bonds. The summed E-state index contributed by atoms with van der Waals surface area (Å²) in [5.74, 6) is 0.205. The number of aromatic nitrogens is 4. The Kier molecular flexibility index (Phi) is 5.56. The van der Waals surface area contributed by atoms with Gasteiger partial charge in [-0.3, -0.25) is 4.90 Å². The van der Waals surface area contributed by atoms with Gasteiger partial charge in [0.2, 0.25) is 5.95 Å². The Morgan fingerprint density at radius 2 is 1.78 bits per heavy atom. The van der Waals surface area contributed by atoms with Crippen LogP contribution in [0.2, 0.25) is 10.2 Å². The van der Waals surface area contributed by atoms with E-state index in [9.17, 15) is 13.2 Å². The number of halogens is 5. The fraction of sp³-hybridized carbons (Fsp3) is 0.522.